The van der Waals surface area contributed by atoms with Gasteiger partial charge in [0.15, 0.2) is 11.4 Å². The highest BCUT2D eigenvalue weighted by Gasteiger charge is 2.44. The van der Waals surface area contributed by atoms with E-state index in [4.69, 9.17) is 19.6 Å². The fourth-order valence-corrected chi connectivity index (χ4v) is 6.20. The largest absolute Gasteiger partial charge is 0.497 e. The number of aliphatic hydroxyl groups excluding tert-OH is 1. The molecule has 200 valence electrons. The molecule has 4 aromatic rings. The van der Waals surface area contributed by atoms with Crippen LogP contribution in [-0.4, -0.2) is 67.0 Å². The number of hydrogen-bond acceptors (Lipinski definition) is 8. The number of rotatable bonds is 6. The predicted molar refractivity (Wildman–Crippen MR) is 145 cm³/mol. The second kappa shape index (κ2) is 9.77. The van der Waals surface area contributed by atoms with Crippen molar-refractivity contribution in [1.82, 2.24) is 24.5 Å². The van der Waals surface area contributed by atoms with Crippen molar-refractivity contribution in [3.05, 3.63) is 60.0 Å². The molecule has 5 heterocycles. The van der Waals surface area contributed by atoms with Crippen LogP contribution < -0.4 is 10.5 Å². The SMILES string of the molecule is [2H]C([2H])([2H])Oc1ccc(-c2ccc(-c3cnn4c(N)c(C(C)=O)c([C@H]5C[C@H]6CC[C@@H](C5)N6C(=O)CO)nc34)cn2)cc1. The molecule has 6 rings (SSSR count). The first-order chi connectivity index (χ1) is 20.0. The lowest BCUT2D eigenvalue weighted by molar-refractivity contribution is -0.138. The van der Waals surface area contributed by atoms with Gasteiger partial charge in [0, 0.05) is 40.9 Å². The first-order valence-electron chi connectivity index (χ1n) is 14.4. The van der Waals surface area contributed by atoms with Crippen molar-refractivity contribution in [2.75, 3.05) is 19.4 Å². The number of pyridine rings is 1. The van der Waals surface area contributed by atoms with Gasteiger partial charge >= 0.3 is 0 Å². The summed E-state index contributed by atoms with van der Waals surface area (Å²) in [7, 11) is -2.52. The van der Waals surface area contributed by atoms with E-state index in [-0.39, 0.29) is 41.3 Å². The second-order valence-electron chi connectivity index (χ2n) is 10.2. The number of hydrogen-bond donors (Lipinski definition) is 2. The number of nitrogens with two attached hydrogens (primary N) is 1. The molecule has 0 aliphatic carbocycles. The van der Waals surface area contributed by atoms with Crippen LogP contribution in [-0.2, 0) is 4.79 Å². The molecule has 1 aromatic carbocycles. The van der Waals surface area contributed by atoms with E-state index in [2.05, 4.69) is 10.1 Å². The minimum absolute atomic E-state index is 0.0114. The standard InChI is InChI=1S/C29H30N6O4/c1-16(37)26-27(19-11-20-6-7-21(12-19)34(20)25(38)15-36)33-29-23(14-32-35(29)28(26)30)18-5-10-24(31-13-18)17-3-8-22(39-2)9-4-17/h3-5,8-10,13-14,19-21,36H,6-7,11-12,15,30H2,1-2H3/t19-,20+,21-/i2D3. The van der Waals surface area contributed by atoms with E-state index in [0.717, 1.165) is 24.0 Å². The van der Waals surface area contributed by atoms with Crippen LogP contribution in [0.2, 0.25) is 0 Å². The number of Topliss-reactive ketones (excluding diaryl/α,β-unsaturated/α-hetero) is 1. The van der Waals surface area contributed by atoms with Gasteiger partial charge in [-0.1, -0.05) is 6.07 Å². The van der Waals surface area contributed by atoms with Gasteiger partial charge in [0.25, 0.3) is 0 Å². The Morgan fingerprint density at radius 1 is 1.10 bits per heavy atom. The van der Waals surface area contributed by atoms with Gasteiger partial charge in [0.05, 0.1) is 34.3 Å². The summed E-state index contributed by atoms with van der Waals surface area (Å²) in [6.07, 6.45) is 6.34. The molecule has 2 saturated heterocycles. The molecule has 2 bridgehead atoms. The van der Waals surface area contributed by atoms with Crippen molar-refractivity contribution in [1.29, 1.82) is 0 Å². The van der Waals surface area contributed by atoms with Crippen LogP contribution in [0.25, 0.3) is 28.0 Å². The maximum Gasteiger partial charge on any atom is 0.248 e. The predicted octanol–water partition coefficient (Wildman–Crippen LogP) is 3.48. The van der Waals surface area contributed by atoms with Crippen LogP contribution in [0.15, 0.2) is 48.8 Å². The van der Waals surface area contributed by atoms with E-state index in [0.29, 0.717) is 41.0 Å². The number of piperidine rings is 1. The van der Waals surface area contributed by atoms with E-state index in [1.165, 1.54) is 11.4 Å². The molecular weight excluding hydrogens is 496 g/mol. The summed E-state index contributed by atoms with van der Waals surface area (Å²) in [5, 5.41) is 13.9. The fourth-order valence-electron chi connectivity index (χ4n) is 6.20. The van der Waals surface area contributed by atoms with Crippen molar-refractivity contribution in [3.63, 3.8) is 0 Å². The highest BCUT2D eigenvalue weighted by atomic mass is 16.5. The molecule has 0 unspecified atom stereocenters. The Morgan fingerprint density at radius 3 is 2.44 bits per heavy atom. The Kier molecular flexibility index (Phi) is 5.41. The number of aromatic nitrogens is 4. The topological polar surface area (TPSA) is 136 Å². The number of anilines is 1. The summed E-state index contributed by atoms with van der Waals surface area (Å²) in [5.41, 5.74) is 10.9. The maximum absolute atomic E-state index is 12.8. The lowest BCUT2D eigenvalue weighted by Gasteiger charge is -2.39. The number of nitrogen functional groups attached to an aromatic ring is 1. The zero-order valence-corrected chi connectivity index (χ0v) is 21.4. The smallest absolute Gasteiger partial charge is 0.248 e. The molecule has 39 heavy (non-hydrogen) atoms. The van der Waals surface area contributed by atoms with Crippen molar-refractivity contribution in [2.45, 2.75) is 50.6 Å². The second-order valence-corrected chi connectivity index (χ2v) is 10.2. The van der Waals surface area contributed by atoms with Gasteiger partial charge in [-0.3, -0.25) is 14.6 Å². The first-order valence-corrected chi connectivity index (χ1v) is 12.9. The van der Waals surface area contributed by atoms with Crippen LogP contribution in [0.3, 0.4) is 0 Å². The summed E-state index contributed by atoms with van der Waals surface area (Å²) in [6, 6.07) is 10.4. The molecule has 0 saturated carbocycles. The zero-order valence-electron chi connectivity index (χ0n) is 24.4. The summed E-state index contributed by atoms with van der Waals surface area (Å²) < 4.78 is 28.1. The monoisotopic (exact) mass is 529 g/mol. The van der Waals surface area contributed by atoms with Crippen LogP contribution in [0.1, 0.15) is 58.7 Å². The van der Waals surface area contributed by atoms with Gasteiger partial charge in [-0.15, -0.1) is 0 Å². The van der Waals surface area contributed by atoms with Crippen LogP contribution >= 0.6 is 0 Å². The third kappa shape index (κ3) is 4.21. The minimum atomic E-state index is -2.52. The van der Waals surface area contributed by atoms with Gasteiger partial charge < -0.3 is 20.5 Å². The van der Waals surface area contributed by atoms with Crippen LogP contribution in [0, 0.1) is 0 Å². The summed E-state index contributed by atoms with van der Waals surface area (Å²) >= 11 is 0. The maximum atomic E-state index is 12.8. The number of methoxy groups -OCH3 is 1. The van der Waals surface area contributed by atoms with Crippen molar-refractivity contribution in [2.24, 2.45) is 0 Å². The minimum Gasteiger partial charge on any atom is -0.497 e. The molecule has 0 radical (unpaired) electrons. The number of carbonyl (C=O) groups excluding carboxylic acids is 2. The van der Waals surface area contributed by atoms with Gasteiger partial charge in [0.2, 0.25) is 5.91 Å². The van der Waals surface area contributed by atoms with E-state index < -0.39 is 13.6 Å². The number of carbonyl (C=O) groups is 2. The average molecular weight is 530 g/mol. The molecule has 0 spiro atoms. The summed E-state index contributed by atoms with van der Waals surface area (Å²) in [4.78, 5) is 36.6. The Hall–Kier alpha value is -4.31. The highest BCUT2D eigenvalue weighted by Crippen LogP contribution is 2.44. The fraction of sp³-hybridized carbons (Fsp3) is 0.345. The van der Waals surface area contributed by atoms with E-state index in [9.17, 15) is 14.7 Å². The van der Waals surface area contributed by atoms with Crippen molar-refractivity contribution in [3.8, 4) is 28.1 Å². The van der Waals surface area contributed by atoms with Crippen molar-refractivity contribution >= 4 is 23.2 Å². The summed E-state index contributed by atoms with van der Waals surface area (Å²) in [6.45, 7) is 0.959. The number of fused-ring (bicyclic) bond motifs is 3. The van der Waals surface area contributed by atoms with E-state index in [1.54, 1.807) is 41.6 Å². The van der Waals surface area contributed by atoms with Crippen LogP contribution in [0.4, 0.5) is 5.82 Å². The molecule has 3 atom stereocenters. The Morgan fingerprint density at radius 2 is 1.82 bits per heavy atom. The molecule has 2 fully saturated rings. The lowest BCUT2D eigenvalue weighted by atomic mass is 9.85. The number of amides is 1. The van der Waals surface area contributed by atoms with E-state index in [1.807, 2.05) is 12.1 Å². The number of ether oxygens (including phenoxy) is 1. The number of benzene rings is 1. The zero-order chi connectivity index (χ0) is 29.8. The Labute approximate surface area is 229 Å². The van der Waals surface area contributed by atoms with Gasteiger partial charge in [-0.2, -0.15) is 9.61 Å². The van der Waals surface area contributed by atoms with Gasteiger partial charge in [-0.05, 0) is 62.9 Å². The van der Waals surface area contributed by atoms with E-state index >= 15 is 0 Å². The first kappa shape index (κ1) is 21.6. The average Bonchev–Trinajstić information content (AvgIpc) is 3.50. The third-order valence-corrected chi connectivity index (χ3v) is 7.95. The lowest BCUT2D eigenvalue weighted by Crippen LogP contribution is -2.47. The Bertz CT molecular complexity index is 1660. The molecule has 1 amide bonds. The summed E-state index contributed by atoms with van der Waals surface area (Å²) in [5.74, 6) is -0.0679. The normalized spacial score (nSPS) is 21.8. The molecular formula is C29H30N6O4. The molecule has 10 heteroatoms. The highest BCUT2D eigenvalue weighted by molar-refractivity contribution is 6.00. The third-order valence-electron chi connectivity index (χ3n) is 7.95. The van der Waals surface area contributed by atoms with Gasteiger partial charge in [-0.25, -0.2) is 4.98 Å². The number of aliphatic hydroxyl groups is 1. The molecule has 2 aliphatic heterocycles. The molecule has 3 aromatic heterocycles. The quantitative estimate of drug-likeness (QED) is 0.362. The van der Waals surface area contributed by atoms with Crippen molar-refractivity contribution < 1.29 is 23.5 Å². The van der Waals surface area contributed by atoms with Gasteiger partial charge in [0.1, 0.15) is 18.2 Å². The number of nitrogens with zero attached hydrogens (tertiary/aromatic N) is 5. The number of ketones is 1. The molecule has 3 N–H and O–H groups in total. The molecule has 2 aliphatic rings. The van der Waals surface area contributed by atoms with Crippen LogP contribution in [0.5, 0.6) is 5.75 Å². The molecule has 10 nitrogen and oxygen atoms in total. The Balaban J connectivity index is 1.33.